The summed E-state index contributed by atoms with van der Waals surface area (Å²) in [7, 11) is 0. The molecule has 0 fully saturated rings. The van der Waals surface area contributed by atoms with Crippen molar-refractivity contribution in [1.29, 1.82) is 0 Å². The van der Waals surface area contributed by atoms with Crippen LogP contribution in [0, 0.1) is 0 Å². The molecule has 0 spiro atoms. The second-order valence-corrected chi connectivity index (χ2v) is 5.18. The number of rotatable bonds is 6. The summed E-state index contributed by atoms with van der Waals surface area (Å²) in [5.74, 6) is 0.960. The summed E-state index contributed by atoms with van der Waals surface area (Å²) in [4.78, 5) is 4.63. The number of fused-ring (bicyclic) bond motifs is 1. The lowest BCUT2D eigenvalue weighted by molar-refractivity contribution is 0.165. The summed E-state index contributed by atoms with van der Waals surface area (Å²) in [5, 5.41) is 13.3. The van der Waals surface area contributed by atoms with Gasteiger partial charge < -0.3 is 15.0 Å². The maximum Gasteiger partial charge on any atom is 0.112 e. The van der Waals surface area contributed by atoms with Crippen molar-refractivity contribution in [1.82, 2.24) is 14.9 Å². The van der Waals surface area contributed by atoms with Crippen LogP contribution in [0.3, 0.4) is 0 Å². The molecule has 2 rings (SSSR count). The van der Waals surface area contributed by atoms with Crippen LogP contribution in [0.5, 0.6) is 0 Å². The van der Waals surface area contributed by atoms with Crippen LogP contribution in [-0.4, -0.2) is 33.3 Å². The highest BCUT2D eigenvalue weighted by Crippen LogP contribution is 2.16. The first kappa shape index (κ1) is 14.0. The highest BCUT2D eigenvalue weighted by Gasteiger charge is 2.13. The Morgan fingerprint density at radius 3 is 2.74 bits per heavy atom. The Labute approximate surface area is 114 Å². The predicted molar refractivity (Wildman–Crippen MR) is 78.3 cm³/mol. The van der Waals surface area contributed by atoms with Crippen molar-refractivity contribution in [3.05, 3.63) is 30.1 Å². The zero-order chi connectivity index (χ0) is 13.8. The Kier molecular flexibility index (Phi) is 4.56. The van der Waals surface area contributed by atoms with Gasteiger partial charge in [0, 0.05) is 25.6 Å². The third-order valence-electron chi connectivity index (χ3n) is 3.23. The molecule has 1 aromatic carbocycles. The zero-order valence-corrected chi connectivity index (χ0v) is 11.9. The number of aliphatic hydroxyl groups excluding tert-OH is 1. The summed E-state index contributed by atoms with van der Waals surface area (Å²) in [5.41, 5.74) is 2.15. The molecule has 104 valence electrons. The van der Waals surface area contributed by atoms with Gasteiger partial charge in [0.2, 0.25) is 0 Å². The van der Waals surface area contributed by atoms with Gasteiger partial charge in [-0.05, 0) is 19.1 Å². The molecule has 1 aromatic heterocycles. The molecule has 4 nitrogen and oxygen atoms in total. The number of para-hydroxylation sites is 2. The van der Waals surface area contributed by atoms with Crippen molar-refractivity contribution in [3.8, 4) is 0 Å². The van der Waals surface area contributed by atoms with E-state index in [0.717, 1.165) is 23.4 Å². The fourth-order valence-corrected chi connectivity index (χ4v) is 2.29. The lowest BCUT2D eigenvalue weighted by Gasteiger charge is -2.14. The first-order chi connectivity index (χ1) is 9.11. The highest BCUT2D eigenvalue weighted by molar-refractivity contribution is 5.75. The number of aromatic nitrogens is 2. The predicted octanol–water partition coefficient (Wildman–Crippen LogP) is 1.96. The van der Waals surface area contributed by atoms with Crippen molar-refractivity contribution >= 4 is 11.0 Å². The highest BCUT2D eigenvalue weighted by atomic mass is 16.3. The molecule has 0 aliphatic heterocycles. The molecule has 1 atom stereocenters. The SMILES string of the molecule is CCn1c(CC(O)CNC(C)C)nc2ccccc21. The van der Waals surface area contributed by atoms with E-state index in [-0.39, 0.29) is 0 Å². The van der Waals surface area contributed by atoms with Crippen LogP contribution >= 0.6 is 0 Å². The van der Waals surface area contributed by atoms with Gasteiger partial charge in [0.1, 0.15) is 5.82 Å². The first-order valence-corrected chi connectivity index (χ1v) is 6.97. The van der Waals surface area contributed by atoms with Gasteiger partial charge in [0.15, 0.2) is 0 Å². The van der Waals surface area contributed by atoms with Gasteiger partial charge in [-0.1, -0.05) is 26.0 Å². The molecule has 0 radical (unpaired) electrons. The van der Waals surface area contributed by atoms with Crippen LogP contribution < -0.4 is 5.32 Å². The van der Waals surface area contributed by atoms with E-state index >= 15 is 0 Å². The molecule has 0 saturated carbocycles. The van der Waals surface area contributed by atoms with Crippen molar-refractivity contribution in [2.45, 2.75) is 45.9 Å². The molecule has 2 aromatic rings. The maximum absolute atomic E-state index is 10.1. The van der Waals surface area contributed by atoms with Crippen LogP contribution in [0.4, 0.5) is 0 Å². The standard InChI is InChI=1S/C15H23N3O/c1-4-18-14-8-6-5-7-13(14)17-15(18)9-12(19)10-16-11(2)3/h5-8,11-12,16,19H,4,9-10H2,1-3H3. The summed E-state index contributed by atoms with van der Waals surface area (Å²) < 4.78 is 2.17. The van der Waals surface area contributed by atoms with E-state index < -0.39 is 6.10 Å². The number of aryl methyl sites for hydroxylation is 1. The van der Waals surface area contributed by atoms with E-state index in [1.165, 1.54) is 0 Å². The van der Waals surface area contributed by atoms with E-state index in [9.17, 15) is 5.11 Å². The van der Waals surface area contributed by atoms with E-state index in [2.05, 4.69) is 41.7 Å². The Hall–Kier alpha value is -1.39. The van der Waals surface area contributed by atoms with Gasteiger partial charge in [-0.25, -0.2) is 4.98 Å². The average molecular weight is 261 g/mol. The van der Waals surface area contributed by atoms with Crippen LogP contribution in [0.1, 0.15) is 26.6 Å². The summed E-state index contributed by atoms with van der Waals surface area (Å²) in [6.07, 6.45) is 0.187. The second-order valence-electron chi connectivity index (χ2n) is 5.18. The third kappa shape index (κ3) is 3.33. The number of imidazole rings is 1. The van der Waals surface area contributed by atoms with Crippen LogP contribution in [0.2, 0.25) is 0 Å². The molecule has 0 saturated heterocycles. The average Bonchev–Trinajstić information content (AvgIpc) is 2.73. The molecule has 1 unspecified atom stereocenters. The van der Waals surface area contributed by atoms with E-state index in [1.54, 1.807) is 0 Å². The van der Waals surface area contributed by atoms with Gasteiger partial charge >= 0.3 is 0 Å². The van der Waals surface area contributed by atoms with Gasteiger partial charge in [-0.2, -0.15) is 0 Å². The van der Waals surface area contributed by atoms with Crippen molar-refractivity contribution < 1.29 is 5.11 Å². The second kappa shape index (κ2) is 6.17. The largest absolute Gasteiger partial charge is 0.391 e. The quantitative estimate of drug-likeness (QED) is 0.835. The normalized spacial score (nSPS) is 13.3. The molecule has 4 heteroatoms. The van der Waals surface area contributed by atoms with Gasteiger partial charge in [0.25, 0.3) is 0 Å². The minimum absolute atomic E-state index is 0.389. The van der Waals surface area contributed by atoms with E-state index in [4.69, 9.17) is 0 Å². The molecule has 0 aliphatic carbocycles. The summed E-state index contributed by atoms with van der Waals surface area (Å²) >= 11 is 0. The van der Waals surface area contributed by atoms with Crippen LogP contribution in [0.25, 0.3) is 11.0 Å². The fraction of sp³-hybridized carbons (Fsp3) is 0.533. The van der Waals surface area contributed by atoms with Gasteiger partial charge in [-0.3, -0.25) is 0 Å². The zero-order valence-electron chi connectivity index (χ0n) is 11.9. The smallest absolute Gasteiger partial charge is 0.112 e. The molecular weight excluding hydrogens is 238 g/mol. The lowest BCUT2D eigenvalue weighted by Crippen LogP contribution is -2.33. The minimum atomic E-state index is -0.399. The number of nitrogens with one attached hydrogen (secondary N) is 1. The number of hydrogen-bond donors (Lipinski definition) is 2. The molecular formula is C15H23N3O. The number of benzene rings is 1. The third-order valence-corrected chi connectivity index (χ3v) is 3.23. The molecule has 0 aliphatic rings. The molecule has 0 bridgehead atoms. The van der Waals surface area contributed by atoms with Crippen molar-refractivity contribution in [2.24, 2.45) is 0 Å². The van der Waals surface area contributed by atoms with Gasteiger partial charge in [-0.15, -0.1) is 0 Å². The lowest BCUT2D eigenvalue weighted by atomic mass is 10.2. The van der Waals surface area contributed by atoms with Crippen LogP contribution in [-0.2, 0) is 13.0 Å². The monoisotopic (exact) mass is 261 g/mol. The van der Waals surface area contributed by atoms with E-state index in [1.807, 2.05) is 18.2 Å². The first-order valence-electron chi connectivity index (χ1n) is 6.97. The molecule has 1 heterocycles. The Bertz CT molecular complexity index is 533. The minimum Gasteiger partial charge on any atom is -0.391 e. The Morgan fingerprint density at radius 1 is 1.32 bits per heavy atom. The van der Waals surface area contributed by atoms with Crippen molar-refractivity contribution in [2.75, 3.05) is 6.54 Å². The number of nitrogens with zero attached hydrogens (tertiary/aromatic N) is 2. The topological polar surface area (TPSA) is 50.1 Å². The van der Waals surface area contributed by atoms with E-state index in [0.29, 0.717) is 19.0 Å². The van der Waals surface area contributed by atoms with Crippen LogP contribution in [0.15, 0.2) is 24.3 Å². The molecule has 2 N–H and O–H groups in total. The molecule has 0 amide bonds. The Morgan fingerprint density at radius 2 is 2.05 bits per heavy atom. The Balaban J connectivity index is 2.15. The number of aliphatic hydroxyl groups is 1. The number of hydrogen-bond acceptors (Lipinski definition) is 3. The summed E-state index contributed by atoms with van der Waals surface area (Å²) in [6.45, 7) is 7.74. The molecule has 19 heavy (non-hydrogen) atoms. The van der Waals surface area contributed by atoms with Crippen molar-refractivity contribution in [3.63, 3.8) is 0 Å². The van der Waals surface area contributed by atoms with Gasteiger partial charge in [0.05, 0.1) is 17.1 Å². The fourth-order valence-electron chi connectivity index (χ4n) is 2.29. The summed E-state index contributed by atoms with van der Waals surface area (Å²) in [6, 6.07) is 8.50. The maximum atomic E-state index is 10.1.